The van der Waals surface area contributed by atoms with Gasteiger partial charge in [0.25, 0.3) is 0 Å². The Bertz CT molecular complexity index is 716. The first-order valence-corrected chi connectivity index (χ1v) is 9.57. The zero-order valence-corrected chi connectivity index (χ0v) is 16.6. The normalized spacial score (nSPS) is 14.4. The first-order valence-electron chi connectivity index (χ1n) is 8.75. The molecule has 6 heteroatoms. The summed E-state index contributed by atoms with van der Waals surface area (Å²) in [6.07, 6.45) is 1.05. The van der Waals surface area contributed by atoms with Gasteiger partial charge in [-0.2, -0.15) is 0 Å². The summed E-state index contributed by atoms with van der Waals surface area (Å²) in [6.45, 7) is 11.5. The molecule has 2 heterocycles. The molecule has 3 N–H and O–H groups in total. The van der Waals surface area contributed by atoms with Crippen LogP contribution < -0.4 is 10.6 Å². The molecular weight excluding hydrogens is 334 g/mol. The van der Waals surface area contributed by atoms with Crippen LogP contribution in [0.2, 0.25) is 0 Å². The topological polar surface area (TPSA) is 69.8 Å². The highest BCUT2D eigenvalue weighted by molar-refractivity contribution is 7.11. The molecule has 0 fully saturated rings. The number of rotatable bonds is 7. The maximum absolute atomic E-state index is 10.8. The van der Waals surface area contributed by atoms with Crippen molar-refractivity contribution in [3.63, 3.8) is 0 Å². The van der Waals surface area contributed by atoms with E-state index in [0.717, 1.165) is 30.0 Å². The molecule has 5 nitrogen and oxygen atoms in total. The van der Waals surface area contributed by atoms with Crippen molar-refractivity contribution in [1.29, 1.82) is 0 Å². The van der Waals surface area contributed by atoms with Crippen LogP contribution in [0.4, 0.5) is 0 Å². The summed E-state index contributed by atoms with van der Waals surface area (Å²) >= 11 is 1.79. The highest BCUT2D eigenvalue weighted by atomic mass is 32.1. The molecule has 1 atom stereocenters. The first-order chi connectivity index (χ1) is 11.9. The summed E-state index contributed by atoms with van der Waals surface area (Å²) in [5, 5.41) is 17.3. The van der Waals surface area contributed by atoms with Crippen molar-refractivity contribution in [2.45, 2.75) is 53.2 Å². The summed E-state index contributed by atoms with van der Waals surface area (Å²) in [5.41, 5.74) is -0.227. The van der Waals surface area contributed by atoms with Gasteiger partial charge in [0.2, 0.25) is 0 Å². The van der Waals surface area contributed by atoms with Crippen LogP contribution in [-0.2, 0) is 18.6 Å². The van der Waals surface area contributed by atoms with Gasteiger partial charge in [0.15, 0.2) is 5.96 Å². The van der Waals surface area contributed by atoms with E-state index in [-0.39, 0.29) is 0 Å². The van der Waals surface area contributed by atoms with E-state index in [9.17, 15) is 5.11 Å². The lowest BCUT2D eigenvalue weighted by Gasteiger charge is -2.24. The van der Waals surface area contributed by atoms with Crippen LogP contribution in [0.5, 0.6) is 0 Å². The average molecular weight is 364 g/mol. The fourth-order valence-electron chi connectivity index (χ4n) is 2.71. The molecule has 1 unspecified atom stereocenters. The lowest BCUT2D eigenvalue weighted by molar-refractivity contribution is 0.0601. The number of nitrogens with zero attached hydrogens (tertiary/aromatic N) is 1. The van der Waals surface area contributed by atoms with Crippen LogP contribution >= 0.6 is 11.3 Å². The van der Waals surface area contributed by atoms with Gasteiger partial charge >= 0.3 is 0 Å². The number of furan rings is 1. The molecule has 0 saturated carbocycles. The van der Waals surface area contributed by atoms with E-state index in [1.54, 1.807) is 18.3 Å². The molecule has 0 bridgehead atoms. The fourth-order valence-corrected chi connectivity index (χ4v) is 3.59. The van der Waals surface area contributed by atoms with E-state index < -0.39 is 5.60 Å². The first kappa shape index (κ1) is 19.5. The van der Waals surface area contributed by atoms with E-state index in [0.29, 0.717) is 19.0 Å². The minimum atomic E-state index is -1.03. The maximum Gasteiger partial charge on any atom is 0.191 e. The third-order valence-corrected chi connectivity index (χ3v) is 5.24. The lowest BCUT2D eigenvalue weighted by Crippen LogP contribution is -2.44. The largest absolute Gasteiger partial charge is 0.466 e. The molecule has 2 rings (SSSR count). The summed E-state index contributed by atoms with van der Waals surface area (Å²) in [5.74, 6) is 2.25. The third kappa shape index (κ3) is 5.34. The van der Waals surface area contributed by atoms with Gasteiger partial charge in [-0.05, 0) is 52.3 Å². The van der Waals surface area contributed by atoms with Crippen LogP contribution in [0.3, 0.4) is 0 Å². The molecule has 0 aliphatic carbocycles. The van der Waals surface area contributed by atoms with Crippen LogP contribution in [0, 0.1) is 13.8 Å². The van der Waals surface area contributed by atoms with Crippen molar-refractivity contribution in [3.8, 4) is 0 Å². The quantitative estimate of drug-likeness (QED) is 0.520. The molecule has 0 aliphatic heterocycles. The van der Waals surface area contributed by atoms with Crippen molar-refractivity contribution < 1.29 is 9.52 Å². The van der Waals surface area contributed by atoms with E-state index >= 15 is 0 Å². The minimum absolute atomic E-state index is 0.350. The molecule has 0 aliphatic rings. The Hall–Kier alpha value is -1.79. The van der Waals surface area contributed by atoms with Gasteiger partial charge in [-0.25, -0.2) is 4.99 Å². The molecule has 0 saturated heterocycles. The zero-order chi connectivity index (χ0) is 18.4. The minimum Gasteiger partial charge on any atom is -0.466 e. The monoisotopic (exact) mass is 363 g/mol. The zero-order valence-electron chi connectivity index (χ0n) is 15.8. The Labute approximate surface area is 154 Å². The maximum atomic E-state index is 10.8. The Morgan fingerprint density at radius 3 is 2.52 bits per heavy atom. The number of nitrogens with one attached hydrogen (secondary N) is 2. The van der Waals surface area contributed by atoms with Crippen molar-refractivity contribution in [2.75, 3.05) is 13.1 Å². The van der Waals surface area contributed by atoms with E-state index in [1.807, 2.05) is 26.8 Å². The molecule has 2 aromatic rings. The van der Waals surface area contributed by atoms with E-state index in [1.165, 1.54) is 9.75 Å². The van der Waals surface area contributed by atoms with Gasteiger partial charge in [0.1, 0.15) is 17.1 Å². The average Bonchev–Trinajstić information content (AvgIpc) is 3.16. The van der Waals surface area contributed by atoms with E-state index in [4.69, 9.17) is 4.42 Å². The molecule has 2 aromatic heterocycles. The van der Waals surface area contributed by atoms with Crippen molar-refractivity contribution >= 4 is 17.3 Å². The summed E-state index contributed by atoms with van der Waals surface area (Å²) in [6, 6.07) is 6.17. The predicted molar refractivity (Wildman–Crippen MR) is 104 cm³/mol. The van der Waals surface area contributed by atoms with Crippen molar-refractivity contribution in [3.05, 3.63) is 45.0 Å². The van der Waals surface area contributed by atoms with Gasteiger partial charge in [-0.15, -0.1) is 11.3 Å². The van der Waals surface area contributed by atoms with Gasteiger partial charge in [-0.3, -0.25) is 0 Å². The molecule has 0 aromatic carbocycles. The predicted octanol–water partition coefficient (Wildman–Crippen LogP) is 3.48. The molecular formula is C19H29N3O2S. The van der Waals surface area contributed by atoms with Crippen LogP contribution in [0.15, 0.2) is 27.6 Å². The van der Waals surface area contributed by atoms with Crippen molar-refractivity contribution in [2.24, 2.45) is 4.99 Å². The molecule has 0 amide bonds. The van der Waals surface area contributed by atoms with Gasteiger partial charge in [0.05, 0.1) is 13.1 Å². The highest BCUT2D eigenvalue weighted by Gasteiger charge is 2.27. The van der Waals surface area contributed by atoms with Gasteiger partial charge < -0.3 is 20.2 Å². The Balaban J connectivity index is 2.02. The second-order valence-corrected chi connectivity index (χ2v) is 7.62. The van der Waals surface area contributed by atoms with Crippen molar-refractivity contribution in [1.82, 2.24) is 10.6 Å². The number of thiophene rings is 1. The number of aryl methyl sites for hydroxylation is 3. The van der Waals surface area contributed by atoms with E-state index in [2.05, 4.69) is 34.7 Å². The Morgan fingerprint density at radius 2 is 1.96 bits per heavy atom. The fraction of sp³-hybridized carbons (Fsp3) is 0.526. The molecule has 0 spiro atoms. The summed E-state index contributed by atoms with van der Waals surface area (Å²) < 4.78 is 5.54. The smallest absolute Gasteiger partial charge is 0.191 e. The van der Waals surface area contributed by atoms with Crippen LogP contribution in [0.25, 0.3) is 0 Å². The van der Waals surface area contributed by atoms with Gasteiger partial charge in [-0.1, -0.05) is 6.92 Å². The van der Waals surface area contributed by atoms with Crippen LogP contribution in [0.1, 0.15) is 47.6 Å². The molecule has 0 radical (unpaired) electrons. The Morgan fingerprint density at radius 1 is 1.24 bits per heavy atom. The van der Waals surface area contributed by atoms with Crippen LogP contribution in [-0.4, -0.2) is 24.2 Å². The standard InChI is InChI=1S/C19H29N3O2S/c1-6-15-8-9-16(25-15)11-21-18(20-7-2)22-12-19(5,23)17-10-13(3)24-14(17)4/h8-10,23H,6-7,11-12H2,1-5H3,(H2,20,21,22). The summed E-state index contributed by atoms with van der Waals surface area (Å²) in [7, 11) is 0. The lowest BCUT2D eigenvalue weighted by atomic mass is 9.96. The highest BCUT2D eigenvalue weighted by Crippen LogP contribution is 2.26. The number of hydrogen-bond acceptors (Lipinski definition) is 4. The number of aliphatic hydroxyl groups is 1. The summed E-state index contributed by atoms with van der Waals surface area (Å²) in [4.78, 5) is 7.24. The second kappa shape index (κ2) is 8.54. The SMILES string of the molecule is CCNC(=NCc1ccc(CC)s1)NCC(C)(O)c1cc(C)oc1C. The van der Waals surface area contributed by atoms with Gasteiger partial charge in [0, 0.05) is 21.9 Å². The molecule has 138 valence electrons. The number of hydrogen-bond donors (Lipinski definition) is 3. The number of aliphatic imine (C=N–C) groups is 1. The second-order valence-electron chi connectivity index (χ2n) is 6.37. The Kier molecular flexibility index (Phi) is 6.67. The number of guanidine groups is 1. The third-order valence-electron chi connectivity index (χ3n) is 4.02. The molecule has 25 heavy (non-hydrogen) atoms.